The van der Waals surface area contributed by atoms with Gasteiger partial charge in [0.25, 0.3) is 5.91 Å². The van der Waals surface area contributed by atoms with Crippen LogP contribution < -0.4 is 4.90 Å². The standard InChI is InChI=1S/C32H40N4O3/c1-26(38)36-18-9-4-2-3-8-17-34(23-28-13-10-16-33-22-28)25-30-21-29(14-15-31(30)36)32(39)35(19-20-37)24-27-11-6-5-7-12-27/h5-7,10-16,21-22,37H,2-4,8-9,17-20,23-25H2,1H3. The predicted molar refractivity (Wildman–Crippen MR) is 154 cm³/mol. The summed E-state index contributed by atoms with van der Waals surface area (Å²) in [6.45, 7) is 5.14. The Balaban J connectivity index is 1.68. The van der Waals surface area contributed by atoms with E-state index in [0.29, 0.717) is 25.2 Å². The van der Waals surface area contributed by atoms with E-state index < -0.39 is 0 Å². The van der Waals surface area contributed by atoms with Gasteiger partial charge in [-0.15, -0.1) is 0 Å². The lowest BCUT2D eigenvalue weighted by Gasteiger charge is -2.29. The molecule has 0 radical (unpaired) electrons. The summed E-state index contributed by atoms with van der Waals surface area (Å²) >= 11 is 0. The first-order chi connectivity index (χ1) is 19.0. The van der Waals surface area contributed by atoms with Crippen LogP contribution in [-0.2, 0) is 24.4 Å². The van der Waals surface area contributed by atoms with Crippen LogP contribution in [-0.4, -0.2) is 57.9 Å². The third kappa shape index (κ3) is 8.22. The third-order valence-corrected chi connectivity index (χ3v) is 7.25. The lowest BCUT2D eigenvalue weighted by atomic mass is 10.0. The van der Waals surface area contributed by atoms with Gasteiger partial charge >= 0.3 is 0 Å². The largest absolute Gasteiger partial charge is 0.395 e. The maximum absolute atomic E-state index is 13.7. The monoisotopic (exact) mass is 528 g/mol. The van der Waals surface area contributed by atoms with Crippen molar-refractivity contribution in [3.63, 3.8) is 0 Å². The SMILES string of the molecule is CC(=O)N1CCCCCCCN(Cc2cccnc2)Cc2cc(C(=O)N(CCO)Cc3ccccc3)ccc21. The van der Waals surface area contributed by atoms with Crippen molar-refractivity contribution in [2.45, 2.75) is 58.7 Å². The summed E-state index contributed by atoms with van der Waals surface area (Å²) in [4.78, 5) is 36.7. The fourth-order valence-corrected chi connectivity index (χ4v) is 5.26. The summed E-state index contributed by atoms with van der Waals surface area (Å²) in [5.41, 5.74) is 4.54. The smallest absolute Gasteiger partial charge is 0.254 e. The zero-order valence-corrected chi connectivity index (χ0v) is 23.0. The summed E-state index contributed by atoms with van der Waals surface area (Å²) < 4.78 is 0. The summed E-state index contributed by atoms with van der Waals surface area (Å²) in [6.07, 6.45) is 9.15. The Labute approximate surface area is 232 Å². The molecule has 4 rings (SSSR count). The van der Waals surface area contributed by atoms with Crippen LogP contribution in [0.15, 0.2) is 73.1 Å². The molecule has 0 atom stereocenters. The van der Waals surface area contributed by atoms with E-state index in [-0.39, 0.29) is 25.0 Å². The van der Waals surface area contributed by atoms with E-state index in [1.54, 1.807) is 18.0 Å². The van der Waals surface area contributed by atoms with E-state index in [4.69, 9.17) is 0 Å². The van der Waals surface area contributed by atoms with Crippen molar-refractivity contribution >= 4 is 17.5 Å². The Hall–Kier alpha value is -3.55. The molecule has 1 aliphatic heterocycles. The number of rotatable bonds is 7. The highest BCUT2D eigenvalue weighted by molar-refractivity contribution is 5.97. The molecule has 1 aromatic heterocycles. The number of pyridine rings is 1. The number of fused-ring (bicyclic) bond motifs is 1. The van der Waals surface area contributed by atoms with E-state index >= 15 is 0 Å². The lowest BCUT2D eigenvalue weighted by molar-refractivity contribution is -0.116. The number of carbonyl (C=O) groups excluding carboxylic acids is 2. The molecule has 0 bridgehead atoms. The van der Waals surface area contributed by atoms with Crippen LogP contribution >= 0.6 is 0 Å². The maximum Gasteiger partial charge on any atom is 0.254 e. The van der Waals surface area contributed by atoms with E-state index in [1.807, 2.05) is 65.7 Å². The summed E-state index contributed by atoms with van der Waals surface area (Å²) in [5.74, 6) is -0.118. The van der Waals surface area contributed by atoms with Gasteiger partial charge < -0.3 is 14.9 Å². The average molecular weight is 529 g/mol. The lowest BCUT2D eigenvalue weighted by Crippen LogP contribution is -2.34. The number of hydrogen-bond donors (Lipinski definition) is 1. The quantitative estimate of drug-likeness (QED) is 0.465. The first-order valence-corrected chi connectivity index (χ1v) is 14.0. The molecule has 0 saturated heterocycles. The number of carbonyl (C=O) groups is 2. The zero-order chi connectivity index (χ0) is 27.5. The first-order valence-electron chi connectivity index (χ1n) is 14.0. The average Bonchev–Trinajstić information content (AvgIpc) is 2.94. The second kappa shape index (κ2) is 14.6. The summed E-state index contributed by atoms with van der Waals surface area (Å²) in [5, 5.41) is 9.70. The molecule has 0 fully saturated rings. The number of aliphatic hydroxyl groups is 1. The third-order valence-electron chi connectivity index (χ3n) is 7.25. The number of amides is 2. The number of aromatic nitrogens is 1. The molecule has 2 amide bonds. The molecule has 1 N–H and O–H groups in total. The van der Waals surface area contributed by atoms with Crippen molar-refractivity contribution in [1.29, 1.82) is 0 Å². The topological polar surface area (TPSA) is 77.0 Å². The van der Waals surface area contributed by atoms with Gasteiger partial charge in [0.05, 0.1) is 6.61 Å². The number of hydrogen-bond acceptors (Lipinski definition) is 5. The zero-order valence-electron chi connectivity index (χ0n) is 23.0. The number of aliphatic hydroxyl groups excluding tert-OH is 1. The molecule has 2 heterocycles. The van der Waals surface area contributed by atoms with E-state index in [0.717, 1.165) is 67.6 Å². The molecule has 1 aliphatic rings. The van der Waals surface area contributed by atoms with Crippen molar-refractivity contribution in [3.05, 3.63) is 95.3 Å². The first kappa shape index (κ1) is 28.5. The van der Waals surface area contributed by atoms with Crippen LogP contribution in [0.25, 0.3) is 0 Å². The maximum atomic E-state index is 13.7. The van der Waals surface area contributed by atoms with E-state index in [2.05, 4.69) is 16.0 Å². The van der Waals surface area contributed by atoms with Crippen molar-refractivity contribution in [1.82, 2.24) is 14.8 Å². The van der Waals surface area contributed by atoms with Gasteiger partial charge in [-0.25, -0.2) is 0 Å². The number of nitrogens with zero attached hydrogens (tertiary/aromatic N) is 4. The second-order valence-electron chi connectivity index (χ2n) is 10.3. The molecule has 3 aromatic rings. The molecule has 2 aromatic carbocycles. The van der Waals surface area contributed by atoms with Gasteiger partial charge in [-0.1, -0.05) is 55.7 Å². The van der Waals surface area contributed by atoms with Gasteiger partial charge in [-0.3, -0.25) is 19.5 Å². The second-order valence-corrected chi connectivity index (χ2v) is 10.3. The Morgan fingerprint density at radius 2 is 1.67 bits per heavy atom. The molecule has 7 nitrogen and oxygen atoms in total. The van der Waals surface area contributed by atoms with Crippen molar-refractivity contribution < 1.29 is 14.7 Å². The van der Waals surface area contributed by atoms with Crippen LogP contribution in [0.2, 0.25) is 0 Å². The molecular formula is C32H40N4O3. The number of anilines is 1. The highest BCUT2D eigenvalue weighted by Crippen LogP contribution is 2.27. The Kier molecular flexibility index (Phi) is 10.6. The van der Waals surface area contributed by atoms with Crippen molar-refractivity contribution in [2.24, 2.45) is 0 Å². The fourth-order valence-electron chi connectivity index (χ4n) is 5.26. The van der Waals surface area contributed by atoms with E-state index in [1.165, 1.54) is 0 Å². The van der Waals surface area contributed by atoms with Crippen LogP contribution in [0.4, 0.5) is 5.69 Å². The van der Waals surface area contributed by atoms with Crippen LogP contribution in [0.3, 0.4) is 0 Å². The van der Waals surface area contributed by atoms with Gasteiger partial charge in [0.15, 0.2) is 0 Å². The molecule has 206 valence electrons. The van der Waals surface area contributed by atoms with Crippen molar-refractivity contribution in [2.75, 3.05) is 31.1 Å². The minimum absolute atomic E-state index is 0.0113. The predicted octanol–water partition coefficient (Wildman–Crippen LogP) is 5.04. The summed E-state index contributed by atoms with van der Waals surface area (Å²) in [6, 6.07) is 19.6. The molecule has 7 heteroatoms. The van der Waals surface area contributed by atoms with Gasteiger partial charge in [0.1, 0.15) is 0 Å². The molecular weight excluding hydrogens is 488 g/mol. The minimum Gasteiger partial charge on any atom is -0.395 e. The Morgan fingerprint density at radius 1 is 0.923 bits per heavy atom. The minimum atomic E-state index is -0.130. The van der Waals surface area contributed by atoms with Crippen LogP contribution in [0.5, 0.6) is 0 Å². The van der Waals surface area contributed by atoms with Gasteiger partial charge in [0.2, 0.25) is 5.91 Å². The van der Waals surface area contributed by atoms with Crippen LogP contribution in [0.1, 0.15) is 66.1 Å². The highest BCUT2D eigenvalue weighted by Gasteiger charge is 2.22. The van der Waals surface area contributed by atoms with Crippen molar-refractivity contribution in [3.8, 4) is 0 Å². The van der Waals surface area contributed by atoms with Gasteiger partial charge in [-0.05, 0) is 60.3 Å². The molecule has 0 spiro atoms. The normalized spacial score (nSPS) is 15.1. The molecule has 0 aliphatic carbocycles. The molecule has 39 heavy (non-hydrogen) atoms. The molecule has 0 unspecified atom stereocenters. The van der Waals surface area contributed by atoms with Gasteiger partial charge in [0, 0.05) is 63.3 Å². The Bertz CT molecular complexity index is 1200. The number of benzene rings is 2. The fraction of sp³-hybridized carbons (Fsp3) is 0.406. The van der Waals surface area contributed by atoms with Gasteiger partial charge in [-0.2, -0.15) is 0 Å². The highest BCUT2D eigenvalue weighted by atomic mass is 16.3. The Morgan fingerprint density at radius 3 is 2.38 bits per heavy atom. The van der Waals surface area contributed by atoms with Crippen LogP contribution in [0, 0.1) is 0 Å². The van der Waals surface area contributed by atoms with E-state index in [9.17, 15) is 14.7 Å². The summed E-state index contributed by atoms with van der Waals surface area (Å²) in [7, 11) is 0. The molecule has 0 saturated carbocycles.